The predicted molar refractivity (Wildman–Crippen MR) is 92.1 cm³/mol. The lowest BCUT2D eigenvalue weighted by Gasteiger charge is -2.33. The van der Waals surface area contributed by atoms with Crippen LogP contribution in [0.5, 0.6) is 5.75 Å². The molecule has 1 aliphatic rings. The first kappa shape index (κ1) is 16.3. The minimum Gasteiger partial charge on any atom is -0.484 e. The van der Waals surface area contributed by atoms with Crippen molar-refractivity contribution in [1.82, 2.24) is 25.2 Å². The van der Waals surface area contributed by atoms with Crippen molar-refractivity contribution in [2.75, 3.05) is 13.2 Å². The maximum Gasteiger partial charge on any atom is 0.261 e. The van der Waals surface area contributed by atoms with Crippen LogP contribution >= 0.6 is 0 Å². The molecule has 8 nitrogen and oxygen atoms in total. The van der Waals surface area contributed by atoms with E-state index in [1.807, 2.05) is 30.3 Å². The summed E-state index contributed by atoms with van der Waals surface area (Å²) < 4.78 is 11.0. The van der Waals surface area contributed by atoms with Crippen LogP contribution < -0.4 is 4.74 Å². The summed E-state index contributed by atoms with van der Waals surface area (Å²) in [6, 6.07) is 10.9. The van der Waals surface area contributed by atoms with Gasteiger partial charge in [-0.3, -0.25) is 9.89 Å². The number of rotatable bonds is 5. The van der Waals surface area contributed by atoms with Crippen LogP contribution in [0, 0.1) is 0 Å². The van der Waals surface area contributed by atoms with E-state index in [0.717, 1.165) is 19.3 Å². The molecular weight excluding hydrogens is 334 g/mol. The molecule has 1 fully saturated rings. The quantitative estimate of drug-likeness (QED) is 0.757. The maximum atomic E-state index is 12.7. The minimum atomic E-state index is -0.222. The number of nitrogens with one attached hydrogen (secondary N) is 1. The topological polar surface area (TPSA) is 97.1 Å². The Hall–Kier alpha value is -3.16. The zero-order valence-electron chi connectivity index (χ0n) is 14.2. The number of hydrogen-bond donors (Lipinski definition) is 1. The van der Waals surface area contributed by atoms with E-state index < -0.39 is 0 Å². The fourth-order valence-electron chi connectivity index (χ4n) is 3.09. The first-order valence-corrected chi connectivity index (χ1v) is 8.62. The number of carbonyl (C=O) groups excluding carboxylic acids is 1. The first-order valence-electron chi connectivity index (χ1n) is 8.62. The van der Waals surface area contributed by atoms with Crippen LogP contribution in [0.1, 0.15) is 31.2 Å². The number of carbonyl (C=O) groups is 1. The van der Waals surface area contributed by atoms with Gasteiger partial charge in [0.2, 0.25) is 11.7 Å². The summed E-state index contributed by atoms with van der Waals surface area (Å²) in [5.41, 5.74) is 0.682. The van der Waals surface area contributed by atoms with Crippen LogP contribution in [0.3, 0.4) is 0 Å². The molecule has 1 N–H and O–H groups in total. The lowest BCUT2D eigenvalue weighted by atomic mass is 10.0. The van der Waals surface area contributed by atoms with E-state index in [4.69, 9.17) is 9.26 Å². The van der Waals surface area contributed by atoms with Crippen LogP contribution in [0.2, 0.25) is 0 Å². The van der Waals surface area contributed by atoms with Gasteiger partial charge in [-0.25, -0.2) is 0 Å². The standard InChI is InChI=1S/C18H19N5O3/c24-16(12-25-13-6-2-1-3-7-13)23-11-5-4-8-15(23)18-20-17(22-26-18)14-9-10-19-21-14/h1-3,6-7,9-10,15H,4-5,8,11-12H2,(H,19,21). The van der Waals surface area contributed by atoms with Gasteiger partial charge in [0.15, 0.2) is 6.61 Å². The molecule has 1 aromatic carbocycles. The molecule has 26 heavy (non-hydrogen) atoms. The van der Waals surface area contributed by atoms with E-state index in [2.05, 4.69) is 20.3 Å². The lowest BCUT2D eigenvalue weighted by molar-refractivity contribution is -0.138. The second-order valence-corrected chi connectivity index (χ2v) is 6.13. The summed E-state index contributed by atoms with van der Waals surface area (Å²) in [5, 5.41) is 10.7. The van der Waals surface area contributed by atoms with Crippen LogP contribution in [-0.4, -0.2) is 44.3 Å². The average molecular weight is 353 g/mol. The predicted octanol–water partition coefficient (Wildman–Crippen LogP) is 2.59. The van der Waals surface area contributed by atoms with E-state index in [1.165, 1.54) is 0 Å². The molecule has 1 unspecified atom stereocenters. The fraction of sp³-hybridized carbons (Fsp3) is 0.333. The highest BCUT2D eigenvalue weighted by Gasteiger charge is 2.32. The van der Waals surface area contributed by atoms with Crippen molar-refractivity contribution in [3.8, 4) is 17.3 Å². The SMILES string of the molecule is O=C(COc1ccccc1)N1CCCCC1c1nc(-c2ccn[nH]2)no1. The smallest absolute Gasteiger partial charge is 0.261 e. The number of nitrogens with zero attached hydrogens (tertiary/aromatic N) is 4. The largest absolute Gasteiger partial charge is 0.484 e. The van der Waals surface area contributed by atoms with Gasteiger partial charge in [0.25, 0.3) is 5.91 Å². The normalized spacial score (nSPS) is 17.2. The Kier molecular flexibility index (Phi) is 4.63. The van der Waals surface area contributed by atoms with Gasteiger partial charge in [-0.05, 0) is 37.5 Å². The molecule has 0 spiro atoms. The third-order valence-corrected chi connectivity index (χ3v) is 4.40. The second kappa shape index (κ2) is 7.38. The van der Waals surface area contributed by atoms with Gasteiger partial charge < -0.3 is 14.2 Å². The van der Waals surface area contributed by atoms with Gasteiger partial charge in [0.05, 0.1) is 0 Å². The van der Waals surface area contributed by atoms with E-state index in [1.54, 1.807) is 17.2 Å². The first-order chi connectivity index (χ1) is 12.8. The van der Waals surface area contributed by atoms with Crippen LogP contribution in [0.15, 0.2) is 47.1 Å². The summed E-state index contributed by atoms with van der Waals surface area (Å²) in [6.07, 6.45) is 4.38. The van der Waals surface area contributed by atoms with Gasteiger partial charge in [-0.2, -0.15) is 10.1 Å². The Morgan fingerprint density at radius 1 is 1.27 bits per heavy atom. The van der Waals surface area contributed by atoms with E-state index in [9.17, 15) is 4.79 Å². The van der Waals surface area contributed by atoms with Gasteiger partial charge in [-0.1, -0.05) is 23.4 Å². The van der Waals surface area contributed by atoms with E-state index in [-0.39, 0.29) is 18.6 Å². The monoisotopic (exact) mass is 353 g/mol. The van der Waals surface area contributed by atoms with Crippen LogP contribution in [-0.2, 0) is 4.79 Å². The fourth-order valence-corrected chi connectivity index (χ4v) is 3.09. The van der Waals surface area contributed by atoms with Crippen molar-refractivity contribution >= 4 is 5.91 Å². The van der Waals surface area contributed by atoms with Gasteiger partial charge in [-0.15, -0.1) is 0 Å². The van der Waals surface area contributed by atoms with Crippen LogP contribution in [0.4, 0.5) is 0 Å². The number of aromatic amines is 1. The summed E-state index contributed by atoms with van der Waals surface area (Å²) in [6.45, 7) is 0.644. The molecule has 1 atom stereocenters. The molecule has 0 aliphatic carbocycles. The number of likely N-dealkylation sites (tertiary alicyclic amines) is 1. The molecule has 134 valence electrons. The molecule has 0 radical (unpaired) electrons. The Labute approximate surface area is 150 Å². The highest BCUT2D eigenvalue weighted by Crippen LogP contribution is 2.31. The van der Waals surface area contributed by atoms with Crippen molar-refractivity contribution < 1.29 is 14.1 Å². The molecule has 2 aromatic heterocycles. The number of para-hydroxylation sites is 1. The highest BCUT2D eigenvalue weighted by atomic mass is 16.5. The molecule has 1 saturated heterocycles. The lowest BCUT2D eigenvalue weighted by Crippen LogP contribution is -2.41. The van der Waals surface area contributed by atoms with Crippen molar-refractivity contribution in [3.05, 3.63) is 48.5 Å². The van der Waals surface area contributed by atoms with Gasteiger partial charge >= 0.3 is 0 Å². The molecule has 0 saturated carbocycles. The minimum absolute atomic E-state index is 0.0118. The zero-order valence-corrected chi connectivity index (χ0v) is 14.2. The van der Waals surface area contributed by atoms with Crippen LogP contribution in [0.25, 0.3) is 11.5 Å². The third-order valence-electron chi connectivity index (χ3n) is 4.40. The Bertz CT molecular complexity index is 847. The summed E-state index contributed by atoms with van der Waals surface area (Å²) in [7, 11) is 0. The number of aromatic nitrogens is 4. The van der Waals surface area contributed by atoms with E-state index in [0.29, 0.717) is 29.7 Å². The Morgan fingerprint density at radius 2 is 2.15 bits per heavy atom. The number of piperidine rings is 1. The molecule has 1 amide bonds. The zero-order chi connectivity index (χ0) is 17.8. The van der Waals surface area contributed by atoms with Gasteiger partial charge in [0.1, 0.15) is 17.5 Å². The molecule has 1 aliphatic heterocycles. The van der Waals surface area contributed by atoms with Crippen molar-refractivity contribution in [2.45, 2.75) is 25.3 Å². The third kappa shape index (κ3) is 3.44. The second-order valence-electron chi connectivity index (χ2n) is 6.13. The van der Waals surface area contributed by atoms with Crippen molar-refractivity contribution in [3.63, 3.8) is 0 Å². The number of benzene rings is 1. The number of amides is 1. The maximum absolute atomic E-state index is 12.7. The molecular formula is C18H19N5O3. The number of H-pyrrole nitrogens is 1. The Morgan fingerprint density at radius 3 is 2.96 bits per heavy atom. The van der Waals surface area contributed by atoms with E-state index >= 15 is 0 Å². The number of hydrogen-bond acceptors (Lipinski definition) is 6. The molecule has 3 heterocycles. The summed E-state index contributed by atoms with van der Waals surface area (Å²) in [4.78, 5) is 18.9. The highest BCUT2D eigenvalue weighted by molar-refractivity contribution is 5.78. The summed E-state index contributed by atoms with van der Waals surface area (Å²) in [5.74, 6) is 1.48. The molecule has 3 aromatic rings. The van der Waals surface area contributed by atoms with Crippen molar-refractivity contribution in [2.24, 2.45) is 0 Å². The van der Waals surface area contributed by atoms with Gasteiger partial charge in [0, 0.05) is 12.7 Å². The molecule has 0 bridgehead atoms. The Balaban J connectivity index is 1.47. The molecule has 8 heteroatoms. The average Bonchev–Trinajstić information content (AvgIpc) is 3.38. The number of ether oxygens (including phenoxy) is 1. The van der Waals surface area contributed by atoms with Crippen molar-refractivity contribution in [1.29, 1.82) is 0 Å². The molecule has 4 rings (SSSR count). The summed E-state index contributed by atoms with van der Waals surface area (Å²) >= 11 is 0.